The maximum Gasteiger partial charge on any atom is 0.256 e. The number of rotatable bonds is 6. The zero-order valence-electron chi connectivity index (χ0n) is 11.3. The number of amides is 1. The third-order valence-corrected chi connectivity index (χ3v) is 3.69. The summed E-state index contributed by atoms with van der Waals surface area (Å²) in [6.45, 7) is 0.143. The van der Waals surface area contributed by atoms with Gasteiger partial charge in [0.25, 0.3) is 5.91 Å². The highest BCUT2D eigenvalue weighted by Crippen LogP contribution is 2.15. The molecule has 110 valence electrons. The summed E-state index contributed by atoms with van der Waals surface area (Å²) in [6.07, 6.45) is 1.62. The summed E-state index contributed by atoms with van der Waals surface area (Å²) in [5, 5.41) is 11.4. The largest absolute Gasteiger partial charge is 0.396 e. The number of aromatic nitrogens is 1. The van der Waals surface area contributed by atoms with Gasteiger partial charge in [-0.3, -0.25) is 4.79 Å². The molecule has 4 nitrogen and oxygen atoms in total. The van der Waals surface area contributed by atoms with Crippen molar-refractivity contribution in [2.24, 2.45) is 0 Å². The Kier molecular flexibility index (Phi) is 5.71. The van der Waals surface area contributed by atoms with Crippen molar-refractivity contribution in [2.75, 3.05) is 17.7 Å². The van der Waals surface area contributed by atoms with Crippen molar-refractivity contribution < 1.29 is 14.3 Å². The van der Waals surface area contributed by atoms with E-state index in [2.05, 4.69) is 10.3 Å². The Balaban J connectivity index is 2.00. The molecule has 2 N–H and O–H groups in total. The molecule has 0 saturated heterocycles. The van der Waals surface area contributed by atoms with Crippen molar-refractivity contribution in [3.8, 4) is 0 Å². The van der Waals surface area contributed by atoms with Gasteiger partial charge in [0, 0.05) is 23.3 Å². The van der Waals surface area contributed by atoms with Crippen molar-refractivity contribution >= 4 is 23.5 Å². The molecule has 0 aliphatic carbocycles. The summed E-state index contributed by atoms with van der Waals surface area (Å²) in [5.74, 6) is 1.14. The van der Waals surface area contributed by atoms with Crippen LogP contribution < -0.4 is 5.32 Å². The van der Waals surface area contributed by atoms with Gasteiger partial charge in [0.05, 0.1) is 6.61 Å². The average Bonchev–Trinajstić information content (AvgIpc) is 2.48. The highest BCUT2D eigenvalue weighted by Gasteiger charge is 2.07. The maximum absolute atomic E-state index is 12.8. The first-order valence-electron chi connectivity index (χ1n) is 6.39. The quantitative estimate of drug-likeness (QED) is 0.806. The Morgan fingerprint density at radius 2 is 2.05 bits per heavy atom. The summed E-state index contributed by atoms with van der Waals surface area (Å²) in [4.78, 5) is 16.1. The first kappa shape index (κ1) is 15.5. The molecule has 6 heteroatoms. The Morgan fingerprint density at radius 1 is 1.29 bits per heavy atom. The van der Waals surface area contributed by atoms with Gasteiger partial charge in [0.15, 0.2) is 0 Å². The lowest BCUT2D eigenvalue weighted by atomic mass is 10.2. The number of hydrogen-bond acceptors (Lipinski definition) is 4. The lowest BCUT2D eigenvalue weighted by Crippen LogP contribution is -2.13. The van der Waals surface area contributed by atoms with Crippen LogP contribution in [0.3, 0.4) is 0 Å². The van der Waals surface area contributed by atoms with Gasteiger partial charge in [-0.1, -0.05) is 0 Å². The molecule has 0 radical (unpaired) electrons. The number of aliphatic hydroxyl groups is 1. The fourth-order valence-corrected chi connectivity index (χ4v) is 2.37. The molecule has 1 amide bonds. The van der Waals surface area contributed by atoms with Crippen LogP contribution in [0.4, 0.5) is 10.2 Å². The number of halogens is 1. The van der Waals surface area contributed by atoms with Crippen molar-refractivity contribution in [1.82, 2.24) is 4.98 Å². The van der Waals surface area contributed by atoms with Gasteiger partial charge < -0.3 is 10.4 Å². The van der Waals surface area contributed by atoms with Gasteiger partial charge in [0.2, 0.25) is 0 Å². The minimum Gasteiger partial charge on any atom is -0.396 e. The van der Waals surface area contributed by atoms with E-state index in [0.29, 0.717) is 17.1 Å². The second-order valence-corrected chi connectivity index (χ2v) is 5.39. The molecule has 0 aliphatic rings. The third kappa shape index (κ3) is 4.84. The molecule has 1 aromatic carbocycles. The smallest absolute Gasteiger partial charge is 0.256 e. The predicted molar refractivity (Wildman–Crippen MR) is 81.8 cm³/mol. The highest BCUT2D eigenvalue weighted by atomic mass is 32.2. The van der Waals surface area contributed by atoms with Gasteiger partial charge in [-0.15, -0.1) is 0 Å². The zero-order valence-corrected chi connectivity index (χ0v) is 12.1. The lowest BCUT2D eigenvalue weighted by Gasteiger charge is -2.06. The number of aliphatic hydroxyl groups excluding tert-OH is 1. The average molecular weight is 306 g/mol. The Bertz CT molecular complexity index is 605. The molecule has 0 bridgehead atoms. The predicted octanol–water partition coefficient (Wildman–Crippen LogP) is 2.70. The Hall–Kier alpha value is -1.92. The van der Waals surface area contributed by atoms with Crippen molar-refractivity contribution in [2.45, 2.75) is 5.75 Å². The van der Waals surface area contributed by atoms with E-state index in [1.54, 1.807) is 24.0 Å². The topological polar surface area (TPSA) is 62.2 Å². The van der Waals surface area contributed by atoms with Gasteiger partial charge >= 0.3 is 0 Å². The van der Waals surface area contributed by atoms with Crippen LogP contribution in [-0.4, -0.2) is 28.4 Å². The van der Waals surface area contributed by atoms with Gasteiger partial charge in [-0.05, 0) is 42.0 Å². The molecule has 2 rings (SSSR count). The maximum atomic E-state index is 12.8. The monoisotopic (exact) mass is 306 g/mol. The van der Waals surface area contributed by atoms with E-state index in [9.17, 15) is 9.18 Å². The third-order valence-electron chi connectivity index (χ3n) is 2.68. The molecular formula is C15H15FN2O2S. The standard InChI is InChI=1S/C15H15FN2O2S/c16-13-3-1-12(2-4-13)15(20)18-14-9-11(5-6-17-14)10-21-8-7-19/h1-6,9,19H,7-8,10H2,(H,17,18,20). The van der Waals surface area contributed by atoms with E-state index in [1.807, 2.05) is 6.07 Å². The number of anilines is 1. The van der Waals surface area contributed by atoms with E-state index >= 15 is 0 Å². The summed E-state index contributed by atoms with van der Waals surface area (Å²) >= 11 is 1.60. The molecular weight excluding hydrogens is 291 g/mol. The molecule has 21 heavy (non-hydrogen) atoms. The molecule has 0 aliphatic heterocycles. The van der Waals surface area contributed by atoms with Crippen molar-refractivity contribution in [3.05, 3.63) is 59.5 Å². The number of carbonyl (C=O) groups excluding carboxylic acids is 1. The molecule has 0 unspecified atom stereocenters. The highest BCUT2D eigenvalue weighted by molar-refractivity contribution is 7.98. The number of benzene rings is 1. The fourth-order valence-electron chi connectivity index (χ4n) is 1.68. The number of nitrogens with zero attached hydrogens (tertiary/aromatic N) is 1. The van der Waals surface area contributed by atoms with Gasteiger partial charge in [0.1, 0.15) is 11.6 Å². The molecule has 1 aromatic heterocycles. The van der Waals surface area contributed by atoms with Gasteiger partial charge in [-0.2, -0.15) is 11.8 Å². The van der Waals surface area contributed by atoms with Crippen LogP contribution >= 0.6 is 11.8 Å². The number of carbonyl (C=O) groups is 1. The molecule has 2 aromatic rings. The number of hydrogen-bond donors (Lipinski definition) is 2. The second-order valence-electron chi connectivity index (χ2n) is 4.29. The lowest BCUT2D eigenvalue weighted by molar-refractivity contribution is 0.102. The minimum atomic E-state index is -0.382. The number of pyridine rings is 1. The summed E-state index contributed by atoms with van der Waals surface area (Å²) < 4.78 is 12.8. The van der Waals surface area contributed by atoms with Crippen LogP contribution in [0.15, 0.2) is 42.6 Å². The molecule has 0 atom stereocenters. The first-order chi connectivity index (χ1) is 10.2. The normalized spacial score (nSPS) is 10.4. The van der Waals surface area contributed by atoms with Crippen LogP contribution in [-0.2, 0) is 5.75 Å². The SMILES string of the molecule is O=C(Nc1cc(CSCCO)ccn1)c1ccc(F)cc1. The van der Waals surface area contributed by atoms with E-state index < -0.39 is 0 Å². The summed E-state index contributed by atoms with van der Waals surface area (Å²) in [7, 11) is 0. The van der Waals surface area contributed by atoms with Gasteiger partial charge in [-0.25, -0.2) is 9.37 Å². The Labute approximate surface area is 126 Å². The number of nitrogens with one attached hydrogen (secondary N) is 1. The molecule has 0 fully saturated rings. The van der Waals surface area contributed by atoms with Crippen LogP contribution in [0.5, 0.6) is 0 Å². The van der Waals surface area contributed by atoms with Crippen LogP contribution in [0.25, 0.3) is 0 Å². The van der Waals surface area contributed by atoms with E-state index in [4.69, 9.17) is 5.11 Å². The zero-order chi connectivity index (χ0) is 15.1. The van der Waals surface area contributed by atoms with Crippen molar-refractivity contribution in [1.29, 1.82) is 0 Å². The fraction of sp³-hybridized carbons (Fsp3) is 0.200. The second kappa shape index (κ2) is 7.75. The van der Waals surface area contributed by atoms with E-state index in [-0.39, 0.29) is 18.3 Å². The first-order valence-corrected chi connectivity index (χ1v) is 7.55. The minimum absolute atomic E-state index is 0.143. The van der Waals surface area contributed by atoms with Crippen molar-refractivity contribution in [3.63, 3.8) is 0 Å². The number of thioether (sulfide) groups is 1. The summed E-state index contributed by atoms with van der Waals surface area (Å²) in [6, 6.07) is 8.97. The molecule has 1 heterocycles. The molecule has 0 spiro atoms. The van der Waals surface area contributed by atoms with E-state index in [0.717, 1.165) is 11.3 Å². The molecule has 0 saturated carbocycles. The van der Waals surface area contributed by atoms with Crippen LogP contribution in [0.1, 0.15) is 15.9 Å². The summed E-state index contributed by atoms with van der Waals surface area (Å²) in [5.41, 5.74) is 1.39. The van der Waals surface area contributed by atoms with Crippen LogP contribution in [0.2, 0.25) is 0 Å². The van der Waals surface area contributed by atoms with Crippen LogP contribution in [0, 0.1) is 5.82 Å². The van der Waals surface area contributed by atoms with E-state index in [1.165, 1.54) is 24.3 Å². The Morgan fingerprint density at radius 3 is 2.76 bits per heavy atom.